The summed E-state index contributed by atoms with van der Waals surface area (Å²) in [7, 11) is 0. The van der Waals surface area contributed by atoms with Gasteiger partial charge in [0.05, 0.1) is 12.3 Å². The van der Waals surface area contributed by atoms with Crippen LogP contribution in [0, 0.1) is 0 Å². The standard InChI is InChI=1S/C15H14N2O2S/c18-15(16-10-12-7-4-8-20-12)14-9-13(17-19-14)11-5-2-1-3-6-11/h1-8,14H,9-10H2,(H,16,18). The molecule has 0 radical (unpaired) electrons. The van der Waals surface area contributed by atoms with Crippen molar-refractivity contribution in [2.45, 2.75) is 19.1 Å². The molecule has 1 aromatic carbocycles. The summed E-state index contributed by atoms with van der Waals surface area (Å²) in [5, 5.41) is 8.87. The molecule has 2 heterocycles. The first-order chi connectivity index (χ1) is 9.83. The molecule has 1 atom stereocenters. The van der Waals surface area contributed by atoms with Gasteiger partial charge in [0.25, 0.3) is 5.91 Å². The number of nitrogens with one attached hydrogen (secondary N) is 1. The fraction of sp³-hybridized carbons (Fsp3) is 0.200. The number of benzene rings is 1. The number of oxime groups is 1. The summed E-state index contributed by atoms with van der Waals surface area (Å²) < 4.78 is 0. The average molecular weight is 286 g/mol. The first-order valence-corrected chi connectivity index (χ1v) is 7.29. The van der Waals surface area contributed by atoms with E-state index in [0.717, 1.165) is 16.2 Å². The second kappa shape index (κ2) is 5.88. The van der Waals surface area contributed by atoms with Gasteiger partial charge in [0.1, 0.15) is 0 Å². The van der Waals surface area contributed by atoms with Crippen LogP contribution in [0.1, 0.15) is 16.9 Å². The molecule has 1 aliphatic heterocycles. The number of rotatable bonds is 4. The summed E-state index contributed by atoms with van der Waals surface area (Å²) >= 11 is 1.62. The third-order valence-corrected chi connectivity index (χ3v) is 3.96. The summed E-state index contributed by atoms with van der Waals surface area (Å²) in [6, 6.07) is 13.7. The smallest absolute Gasteiger partial charge is 0.264 e. The van der Waals surface area contributed by atoms with Crippen LogP contribution in [0.15, 0.2) is 53.0 Å². The molecule has 1 N–H and O–H groups in total. The van der Waals surface area contributed by atoms with Crippen LogP contribution < -0.4 is 5.32 Å². The Morgan fingerprint density at radius 1 is 1.30 bits per heavy atom. The van der Waals surface area contributed by atoms with Gasteiger partial charge in [-0.15, -0.1) is 11.3 Å². The van der Waals surface area contributed by atoms with Gasteiger partial charge in [0.2, 0.25) is 6.10 Å². The van der Waals surface area contributed by atoms with Crippen molar-refractivity contribution in [3.8, 4) is 0 Å². The maximum atomic E-state index is 12.0. The topological polar surface area (TPSA) is 50.7 Å². The van der Waals surface area contributed by atoms with E-state index in [1.54, 1.807) is 11.3 Å². The third kappa shape index (κ3) is 2.88. The van der Waals surface area contributed by atoms with E-state index in [9.17, 15) is 4.79 Å². The minimum absolute atomic E-state index is 0.118. The number of nitrogens with zero attached hydrogens (tertiary/aromatic N) is 1. The number of hydrogen-bond acceptors (Lipinski definition) is 4. The molecule has 1 aromatic heterocycles. The highest BCUT2D eigenvalue weighted by atomic mass is 32.1. The van der Waals surface area contributed by atoms with Crippen LogP contribution in [0.5, 0.6) is 0 Å². The summed E-state index contributed by atoms with van der Waals surface area (Å²) in [4.78, 5) is 18.4. The molecule has 3 rings (SSSR count). The SMILES string of the molecule is O=C(NCc1cccs1)C1CC(c2ccccc2)=NO1. The highest BCUT2D eigenvalue weighted by Gasteiger charge is 2.28. The molecule has 0 aliphatic carbocycles. The fourth-order valence-electron chi connectivity index (χ4n) is 2.02. The van der Waals surface area contributed by atoms with E-state index in [4.69, 9.17) is 4.84 Å². The van der Waals surface area contributed by atoms with Crippen molar-refractivity contribution < 1.29 is 9.63 Å². The number of amides is 1. The maximum Gasteiger partial charge on any atom is 0.264 e. The molecule has 0 fully saturated rings. The molecule has 0 bridgehead atoms. The quantitative estimate of drug-likeness (QED) is 0.939. The zero-order chi connectivity index (χ0) is 13.8. The lowest BCUT2D eigenvalue weighted by Crippen LogP contribution is -2.34. The van der Waals surface area contributed by atoms with Crippen LogP contribution in [0.3, 0.4) is 0 Å². The summed E-state index contributed by atoms with van der Waals surface area (Å²) in [6.07, 6.45) is -0.00882. The van der Waals surface area contributed by atoms with Crippen molar-refractivity contribution in [2.75, 3.05) is 0 Å². The lowest BCUT2D eigenvalue weighted by Gasteiger charge is -2.08. The molecule has 1 unspecified atom stereocenters. The maximum absolute atomic E-state index is 12.0. The Morgan fingerprint density at radius 2 is 2.15 bits per heavy atom. The lowest BCUT2D eigenvalue weighted by molar-refractivity contribution is -0.131. The summed E-state index contributed by atoms with van der Waals surface area (Å²) in [5.74, 6) is -0.118. The van der Waals surface area contributed by atoms with Gasteiger partial charge < -0.3 is 10.2 Å². The largest absolute Gasteiger partial charge is 0.382 e. The van der Waals surface area contributed by atoms with Crippen LogP contribution in [-0.4, -0.2) is 17.7 Å². The van der Waals surface area contributed by atoms with Crippen LogP contribution in [0.2, 0.25) is 0 Å². The van der Waals surface area contributed by atoms with Gasteiger partial charge >= 0.3 is 0 Å². The number of carbonyl (C=O) groups is 1. The molecule has 1 amide bonds. The third-order valence-electron chi connectivity index (χ3n) is 3.09. The van der Waals surface area contributed by atoms with Crippen molar-refractivity contribution >= 4 is 23.0 Å². The highest BCUT2D eigenvalue weighted by molar-refractivity contribution is 7.09. The van der Waals surface area contributed by atoms with Crippen LogP contribution in [-0.2, 0) is 16.2 Å². The van der Waals surface area contributed by atoms with E-state index >= 15 is 0 Å². The van der Waals surface area contributed by atoms with E-state index in [-0.39, 0.29) is 5.91 Å². The van der Waals surface area contributed by atoms with Crippen LogP contribution >= 0.6 is 11.3 Å². The molecule has 2 aromatic rings. The molecule has 0 saturated carbocycles. The first-order valence-electron chi connectivity index (χ1n) is 6.41. The predicted octanol–water partition coefficient (Wildman–Crippen LogP) is 2.56. The van der Waals surface area contributed by atoms with Gasteiger partial charge in [-0.3, -0.25) is 4.79 Å². The molecule has 102 valence electrons. The molecule has 0 spiro atoms. The molecule has 4 nitrogen and oxygen atoms in total. The van der Waals surface area contributed by atoms with Crippen molar-refractivity contribution in [1.29, 1.82) is 0 Å². The Morgan fingerprint density at radius 3 is 2.90 bits per heavy atom. The van der Waals surface area contributed by atoms with E-state index in [0.29, 0.717) is 13.0 Å². The first kappa shape index (κ1) is 12.9. The molecule has 1 aliphatic rings. The average Bonchev–Trinajstić information content (AvgIpc) is 3.17. The van der Waals surface area contributed by atoms with E-state index in [1.807, 2.05) is 47.8 Å². The van der Waals surface area contributed by atoms with E-state index in [2.05, 4.69) is 10.5 Å². The molecular formula is C15H14N2O2S. The lowest BCUT2D eigenvalue weighted by atomic mass is 10.0. The normalized spacial score (nSPS) is 17.4. The fourth-order valence-corrected chi connectivity index (χ4v) is 2.66. The Balaban J connectivity index is 1.54. The second-order valence-corrected chi connectivity index (χ2v) is 5.53. The monoisotopic (exact) mass is 286 g/mol. The summed E-state index contributed by atoms with van der Waals surface area (Å²) in [6.45, 7) is 0.539. The predicted molar refractivity (Wildman–Crippen MR) is 78.6 cm³/mol. The van der Waals surface area contributed by atoms with Gasteiger partial charge in [-0.2, -0.15) is 0 Å². The Bertz CT molecular complexity index is 608. The molecule has 5 heteroatoms. The van der Waals surface area contributed by atoms with Crippen molar-refractivity contribution in [2.24, 2.45) is 5.16 Å². The van der Waals surface area contributed by atoms with Crippen molar-refractivity contribution in [1.82, 2.24) is 5.32 Å². The zero-order valence-corrected chi connectivity index (χ0v) is 11.6. The minimum atomic E-state index is -0.523. The number of hydrogen-bond donors (Lipinski definition) is 1. The number of thiophene rings is 1. The van der Waals surface area contributed by atoms with Gasteiger partial charge in [0.15, 0.2) is 0 Å². The summed E-state index contributed by atoms with van der Waals surface area (Å²) in [5.41, 5.74) is 1.82. The van der Waals surface area contributed by atoms with Gasteiger partial charge in [-0.1, -0.05) is 41.6 Å². The number of carbonyl (C=O) groups excluding carboxylic acids is 1. The van der Waals surface area contributed by atoms with Crippen molar-refractivity contribution in [3.05, 3.63) is 58.3 Å². The van der Waals surface area contributed by atoms with Gasteiger partial charge in [0, 0.05) is 11.3 Å². The highest BCUT2D eigenvalue weighted by Crippen LogP contribution is 2.17. The Labute approximate surface area is 121 Å². The Kier molecular flexibility index (Phi) is 3.78. The van der Waals surface area contributed by atoms with Crippen LogP contribution in [0.4, 0.5) is 0 Å². The van der Waals surface area contributed by atoms with Crippen molar-refractivity contribution in [3.63, 3.8) is 0 Å². The Hall–Kier alpha value is -2.14. The van der Waals surface area contributed by atoms with Crippen LogP contribution in [0.25, 0.3) is 0 Å². The molecular weight excluding hydrogens is 272 g/mol. The van der Waals surface area contributed by atoms with Gasteiger partial charge in [-0.05, 0) is 17.0 Å². The van der Waals surface area contributed by atoms with Gasteiger partial charge in [-0.25, -0.2) is 0 Å². The molecule has 20 heavy (non-hydrogen) atoms. The second-order valence-electron chi connectivity index (χ2n) is 4.50. The molecule has 0 saturated heterocycles. The van der Waals surface area contributed by atoms with E-state index < -0.39 is 6.10 Å². The minimum Gasteiger partial charge on any atom is -0.382 e. The zero-order valence-electron chi connectivity index (χ0n) is 10.8. The van der Waals surface area contributed by atoms with E-state index in [1.165, 1.54) is 0 Å².